The second-order valence-electron chi connectivity index (χ2n) is 6.70. The van der Waals surface area contributed by atoms with Crippen molar-refractivity contribution in [1.29, 1.82) is 0 Å². The van der Waals surface area contributed by atoms with E-state index in [9.17, 15) is 9.59 Å². The first-order valence-electron chi connectivity index (χ1n) is 9.54. The number of imide groups is 1. The fourth-order valence-electron chi connectivity index (χ4n) is 3.65. The van der Waals surface area contributed by atoms with Gasteiger partial charge in [-0.1, -0.05) is 25.1 Å². The van der Waals surface area contributed by atoms with Crippen LogP contribution in [0.15, 0.2) is 36.4 Å². The predicted octanol–water partition coefficient (Wildman–Crippen LogP) is 3.60. The van der Waals surface area contributed by atoms with E-state index in [1.54, 1.807) is 25.3 Å². The fourth-order valence-corrected chi connectivity index (χ4v) is 3.65. The Morgan fingerprint density at radius 2 is 1.89 bits per heavy atom. The highest BCUT2D eigenvalue weighted by molar-refractivity contribution is 6.23. The van der Waals surface area contributed by atoms with Crippen LogP contribution in [0.3, 0.4) is 0 Å². The number of rotatable bonds is 8. The molecule has 1 heterocycles. The minimum atomic E-state index is -0.461. The van der Waals surface area contributed by atoms with Gasteiger partial charge >= 0.3 is 0 Å². The quantitative estimate of drug-likeness (QED) is 0.557. The molecule has 0 aromatic heterocycles. The van der Waals surface area contributed by atoms with Gasteiger partial charge in [0.15, 0.2) is 0 Å². The van der Waals surface area contributed by atoms with Crippen LogP contribution >= 0.6 is 0 Å². The number of fused-ring (bicyclic) bond motifs is 1. The molecule has 28 heavy (non-hydrogen) atoms. The van der Waals surface area contributed by atoms with Crippen LogP contribution in [0.25, 0.3) is 0 Å². The molecule has 0 fully saturated rings. The van der Waals surface area contributed by atoms with Crippen molar-refractivity contribution in [3.63, 3.8) is 0 Å². The van der Waals surface area contributed by atoms with Crippen molar-refractivity contribution < 1.29 is 19.1 Å². The number of nitrogens with zero attached hydrogens (tertiary/aromatic N) is 1. The van der Waals surface area contributed by atoms with E-state index in [4.69, 9.17) is 15.2 Å². The topological polar surface area (TPSA) is 81.9 Å². The molecule has 1 unspecified atom stereocenters. The number of benzene rings is 2. The lowest BCUT2D eigenvalue weighted by Gasteiger charge is -2.27. The summed E-state index contributed by atoms with van der Waals surface area (Å²) in [6, 6.07) is 10.4. The van der Waals surface area contributed by atoms with Gasteiger partial charge in [-0.25, -0.2) is 0 Å². The number of aryl methyl sites for hydroxylation is 1. The third-order valence-corrected chi connectivity index (χ3v) is 5.04. The Hall–Kier alpha value is -2.86. The summed E-state index contributed by atoms with van der Waals surface area (Å²) in [5, 5.41) is 0. The molecule has 3 rings (SSSR count). The van der Waals surface area contributed by atoms with Crippen molar-refractivity contribution in [3.8, 4) is 5.75 Å². The van der Waals surface area contributed by atoms with Crippen LogP contribution in [-0.2, 0) is 11.2 Å². The number of methoxy groups -OCH3 is 1. The van der Waals surface area contributed by atoms with Crippen LogP contribution in [0, 0.1) is 0 Å². The van der Waals surface area contributed by atoms with E-state index < -0.39 is 6.04 Å². The van der Waals surface area contributed by atoms with Crippen molar-refractivity contribution in [3.05, 3.63) is 58.7 Å². The lowest BCUT2D eigenvalue weighted by atomic mass is 9.99. The van der Waals surface area contributed by atoms with Crippen molar-refractivity contribution in [2.45, 2.75) is 32.7 Å². The average Bonchev–Trinajstić information content (AvgIpc) is 2.95. The van der Waals surface area contributed by atoms with Gasteiger partial charge in [-0.3, -0.25) is 14.5 Å². The van der Waals surface area contributed by atoms with E-state index in [0.29, 0.717) is 30.9 Å². The number of hydrogen-bond acceptors (Lipinski definition) is 5. The molecule has 1 aliphatic rings. The molecule has 0 spiro atoms. The molecule has 0 saturated heterocycles. The van der Waals surface area contributed by atoms with Gasteiger partial charge in [0.05, 0.1) is 23.8 Å². The molecule has 148 valence electrons. The SMILES string of the molecule is CCOc1cc(C(CCOC)N2C(=O)c3cccc(N)c3C2=O)ccc1CC. The van der Waals surface area contributed by atoms with E-state index in [1.165, 1.54) is 4.90 Å². The maximum Gasteiger partial charge on any atom is 0.264 e. The number of ether oxygens (including phenoxy) is 2. The standard InChI is InChI=1S/C22H26N2O4/c1-4-14-9-10-15(13-19(14)28-5-2)18(11-12-27-3)24-21(25)16-7-6-8-17(23)20(16)22(24)26/h6-10,13,18H,4-5,11-12,23H2,1-3H3. The molecular weight excluding hydrogens is 356 g/mol. The summed E-state index contributed by atoms with van der Waals surface area (Å²) < 4.78 is 11.0. The summed E-state index contributed by atoms with van der Waals surface area (Å²) in [6.45, 7) is 4.95. The van der Waals surface area contributed by atoms with Crippen LogP contribution in [0.5, 0.6) is 5.75 Å². The van der Waals surface area contributed by atoms with Crippen LogP contribution in [0.4, 0.5) is 5.69 Å². The summed E-state index contributed by atoms with van der Waals surface area (Å²) in [7, 11) is 1.60. The number of nitrogen functional groups attached to an aromatic ring is 1. The zero-order chi connectivity index (χ0) is 20.3. The number of hydrogen-bond donors (Lipinski definition) is 1. The van der Waals surface area contributed by atoms with Crippen LogP contribution in [0.2, 0.25) is 0 Å². The Labute approximate surface area is 165 Å². The molecular formula is C22H26N2O4. The van der Waals surface area contributed by atoms with Gasteiger partial charge in [-0.2, -0.15) is 0 Å². The molecule has 1 aliphatic heterocycles. The fraction of sp³-hybridized carbons (Fsp3) is 0.364. The minimum absolute atomic E-state index is 0.283. The lowest BCUT2D eigenvalue weighted by molar-refractivity contribution is 0.0545. The maximum absolute atomic E-state index is 13.1. The van der Waals surface area contributed by atoms with Gasteiger partial charge in [0.25, 0.3) is 11.8 Å². The first kappa shape index (κ1) is 19.9. The zero-order valence-electron chi connectivity index (χ0n) is 16.5. The zero-order valence-corrected chi connectivity index (χ0v) is 16.5. The van der Waals surface area contributed by atoms with Crippen molar-refractivity contribution >= 4 is 17.5 Å². The maximum atomic E-state index is 13.1. The molecule has 0 saturated carbocycles. The lowest BCUT2D eigenvalue weighted by Crippen LogP contribution is -2.35. The molecule has 0 bridgehead atoms. The summed E-state index contributed by atoms with van der Waals surface area (Å²) in [4.78, 5) is 27.4. The average molecular weight is 382 g/mol. The van der Waals surface area contributed by atoms with Crippen molar-refractivity contribution in [2.24, 2.45) is 0 Å². The van der Waals surface area contributed by atoms with Gasteiger partial charge in [-0.15, -0.1) is 0 Å². The summed E-state index contributed by atoms with van der Waals surface area (Å²) in [5.74, 6) is 0.0868. The van der Waals surface area contributed by atoms with Crippen molar-refractivity contribution in [1.82, 2.24) is 4.90 Å². The van der Waals surface area contributed by atoms with E-state index in [1.807, 2.05) is 25.1 Å². The van der Waals surface area contributed by atoms with E-state index in [2.05, 4.69) is 6.92 Å². The minimum Gasteiger partial charge on any atom is -0.494 e. The first-order chi connectivity index (χ1) is 13.5. The molecule has 6 heteroatoms. The van der Waals surface area contributed by atoms with Crippen LogP contribution in [0.1, 0.15) is 58.2 Å². The highest BCUT2D eigenvalue weighted by Crippen LogP contribution is 2.37. The molecule has 2 aromatic carbocycles. The number of carbonyl (C=O) groups is 2. The second-order valence-corrected chi connectivity index (χ2v) is 6.70. The van der Waals surface area contributed by atoms with Crippen LogP contribution < -0.4 is 10.5 Å². The molecule has 2 aromatic rings. The smallest absolute Gasteiger partial charge is 0.264 e. The summed E-state index contributed by atoms with van der Waals surface area (Å²) in [6.07, 6.45) is 1.32. The number of carbonyl (C=O) groups excluding carboxylic acids is 2. The predicted molar refractivity (Wildman–Crippen MR) is 108 cm³/mol. The third kappa shape index (κ3) is 3.47. The van der Waals surface area contributed by atoms with Gasteiger partial charge in [0.2, 0.25) is 0 Å². The Balaban J connectivity index is 2.05. The third-order valence-electron chi connectivity index (χ3n) is 5.04. The Morgan fingerprint density at radius 1 is 1.11 bits per heavy atom. The highest BCUT2D eigenvalue weighted by atomic mass is 16.5. The number of amides is 2. The molecule has 2 N–H and O–H groups in total. The molecule has 6 nitrogen and oxygen atoms in total. The molecule has 2 amide bonds. The second kappa shape index (κ2) is 8.44. The number of anilines is 1. The molecule has 1 atom stereocenters. The monoisotopic (exact) mass is 382 g/mol. The van der Waals surface area contributed by atoms with E-state index in [-0.39, 0.29) is 17.4 Å². The van der Waals surface area contributed by atoms with E-state index >= 15 is 0 Å². The van der Waals surface area contributed by atoms with E-state index in [0.717, 1.165) is 23.3 Å². The van der Waals surface area contributed by atoms with Gasteiger partial charge in [0, 0.05) is 19.4 Å². The Kier molecular flexibility index (Phi) is 5.99. The Bertz CT molecular complexity index is 894. The van der Waals surface area contributed by atoms with Gasteiger partial charge in [0.1, 0.15) is 5.75 Å². The first-order valence-corrected chi connectivity index (χ1v) is 9.54. The largest absolute Gasteiger partial charge is 0.494 e. The normalized spacial score (nSPS) is 14.3. The summed E-state index contributed by atoms with van der Waals surface area (Å²) in [5.41, 5.74) is 8.86. The van der Waals surface area contributed by atoms with Gasteiger partial charge < -0.3 is 15.2 Å². The molecule has 0 aliphatic carbocycles. The Morgan fingerprint density at radius 3 is 2.54 bits per heavy atom. The van der Waals surface area contributed by atoms with Gasteiger partial charge in [-0.05, 0) is 49.1 Å². The highest BCUT2D eigenvalue weighted by Gasteiger charge is 2.41. The number of nitrogens with two attached hydrogens (primary N) is 1. The van der Waals surface area contributed by atoms with Crippen LogP contribution in [-0.4, -0.2) is 37.0 Å². The summed E-state index contributed by atoms with van der Waals surface area (Å²) >= 11 is 0. The molecule has 0 radical (unpaired) electrons. The van der Waals surface area contributed by atoms with Crippen molar-refractivity contribution in [2.75, 3.05) is 26.1 Å².